The Morgan fingerprint density at radius 1 is 0.789 bits per heavy atom. The Labute approximate surface area is 125 Å². The largest absolute Gasteiger partial charge is 0.347 e. The van der Waals surface area contributed by atoms with Gasteiger partial charge in [0.15, 0.2) is 0 Å². The summed E-state index contributed by atoms with van der Waals surface area (Å²) in [4.78, 5) is 0. The fourth-order valence-electron chi connectivity index (χ4n) is 1.63. The minimum absolute atomic E-state index is 0.164. The van der Waals surface area contributed by atoms with Crippen molar-refractivity contribution in [2.45, 2.75) is 20.0 Å². The summed E-state index contributed by atoms with van der Waals surface area (Å²) in [5.74, 6) is 0. The Kier molecular flexibility index (Phi) is 5.24. The van der Waals surface area contributed by atoms with Crippen LogP contribution in [-0.4, -0.2) is 6.10 Å². The van der Waals surface area contributed by atoms with E-state index in [2.05, 4.69) is 0 Å². The predicted octanol–water partition coefficient (Wildman–Crippen LogP) is 4.77. The van der Waals surface area contributed by atoms with Crippen LogP contribution in [0.2, 0.25) is 10.0 Å². The second-order valence-electron chi connectivity index (χ2n) is 4.40. The van der Waals surface area contributed by atoms with Gasteiger partial charge < -0.3 is 4.52 Å². The molecule has 0 bridgehead atoms. The maximum absolute atomic E-state index is 6.08. The first-order chi connectivity index (χ1) is 9.06. The molecule has 0 unspecified atom stereocenters. The molecular formula is C15H15Cl2OP. The first-order valence-electron chi connectivity index (χ1n) is 6.04. The highest BCUT2D eigenvalue weighted by atomic mass is 35.5. The number of rotatable bonds is 4. The van der Waals surface area contributed by atoms with Gasteiger partial charge in [-0.1, -0.05) is 47.5 Å². The SMILES string of the molecule is CC(C)OP(c1ccc(Cl)cc1)c1ccc(Cl)cc1. The van der Waals surface area contributed by atoms with Crippen LogP contribution in [0.4, 0.5) is 0 Å². The summed E-state index contributed by atoms with van der Waals surface area (Å²) in [5.41, 5.74) is 0. The molecule has 19 heavy (non-hydrogen) atoms. The molecular weight excluding hydrogens is 298 g/mol. The molecule has 0 heterocycles. The van der Waals surface area contributed by atoms with Gasteiger partial charge in [0.2, 0.25) is 0 Å². The standard InChI is InChI=1S/C15H15Cl2OP/c1-11(2)18-19(14-7-3-12(16)4-8-14)15-9-5-13(17)6-10-15/h3-11H,1-2H3. The highest BCUT2D eigenvalue weighted by Gasteiger charge is 2.16. The molecule has 0 amide bonds. The molecule has 2 aromatic carbocycles. The lowest BCUT2D eigenvalue weighted by Gasteiger charge is -2.21. The molecule has 1 nitrogen and oxygen atoms in total. The van der Waals surface area contributed by atoms with Crippen molar-refractivity contribution in [1.29, 1.82) is 0 Å². The molecule has 0 aliphatic rings. The second-order valence-corrected chi connectivity index (χ2v) is 7.11. The number of hydrogen-bond acceptors (Lipinski definition) is 1. The average molecular weight is 313 g/mol. The van der Waals surface area contributed by atoms with Gasteiger partial charge in [0.25, 0.3) is 0 Å². The highest BCUT2D eigenvalue weighted by molar-refractivity contribution is 7.68. The third-order valence-electron chi connectivity index (χ3n) is 2.44. The average Bonchev–Trinajstić information content (AvgIpc) is 2.38. The van der Waals surface area contributed by atoms with Crippen LogP contribution >= 0.6 is 31.4 Å². The minimum atomic E-state index is -0.832. The Bertz CT molecular complexity index is 477. The fraction of sp³-hybridized carbons (Fsp3) is 0.200. The first kappa shape index (κ1) is 14.8. The van der Waals surface area contributed by atoms with Gasteiger partial charge in [-0.3, -0.25) is 0 Å². The number of hydrogen-bond donors (Lipinski definition) is 0. The van der Waals surface area contributed by atoms with E-state index < -0.39 is 8.15 Å². The minimum Gasteiger partial charge on any atom is -0.347 e. The van der Waals surface area contributed by atoms with Crippen molar-refractivity contribution in [2.24, 2.45) is 0 Å². The van der Waals surface area contributed by atoms with Crippen molar-refractivity contribution in [1.82, 2.24) is 0 Å². The lowest BCUT2D eigenvalue weighted by atomic mass is 10.4. The Morgan fingerprint density at radius 2 is 1.16 bits per heavy atom. The lowest BCUT2D eigenvalue weighted by molar-refractivity contribution is 0.278. The van der Waals surface area contributed by atoms with Crippen LogP contribution < -0.4 is 10.6 Å². The molecule has 0 aliphatic carbocycles. The molecule has 2 aromatic rings. The lowest BCUT2D eigenvalue weighted by Crippen LogP contribution is -2.16. The van der Waals surface area contributed by atoms with Crippen molar-refractivity contribution in [2.75, 3.05) is 0 Å². The number of benzene rings is 2. The highest BCUT2D eigenvalue weighted by Crippen LogP contribution is 2.37. The van der Waals surface area contributed by atoms with Gasteiger partial charge in [-0.15, -0.1) is 0 Å². The van der Waals surface area contributed by atoms with Crippen LogP contribution in [0.3, 0.4) is 0 Å². The monoisotopic (exact) mass is 312 g/mol. The molecule has 0 saturated carbocycles. The maximum atomic E-state index is 6.08. The van der Waals surface area contributed by atoms with E-state index in [-0.39, 0.29) is 6.10 Å². The van der Waals surface area contributed by atoms with Gasteiger partial charge in [0.1, 0.15) is 0 Å². The van der Waals surface area contributed by atoms with Gasteiger partial charge in [-0.25, -0.2) is 0 Å². The van der Waals surface area contributed by atoms with E-state index in [4.69, 9.17) is 27.7 Å². The second kappa shape index (κ2) is 6.72. The van der Waals surface area contributed by atoms with Gasteiger partial charge in [-0.2, -0.15) is 0 Å². The van der Waals surface area contributed by atoms with Crippen molar-refractivity contribution >= 4 is 42.0 Å². The van der Waals surface area contributed by atoms with E-state index in [9.17, 15) is 0 Å². The molecule has 0 saturated heterocycles. The Balaban J connectivity index is 2.35. The van der Waals surface area contributed by atoms with Crippen molar-refractivity contribution in [3.63, 3.8) is 0 Å². The maximum Gasteiger partial charge on any atom is 0.0921 e. The smallest absolute Gasteiger partial charge is 0.0921 e. The van der Waals surface area contributed by atoms with Crippen molar-refractivity contribution in [3.05, 3.63) is 58.6 Å². The summed E-state index contributed by atoms with van der Waals surface area (Å²) in [6.45, 7) is 4.09. The van der Waals surface area contributed by atoms with E-state index in [0.29, 0.717) is 0 Å². The fourth-order valence-corrected chi connectivity index (χ4v) is 3.69. The summed E-state index contributed by atoms with van der Waals surface area (Å²) in [6, 6.07) is 15.7. The molecule has 0 N–H and O–H groups in total. The van der Waals surface area contributed by atoms with Gasteiger partial charge in [-0.05, 0) is 38.1 Å². The topological polar surface area (TPSA) is 9.23 Å². The Morgan fingerprint density at radius 3 is 1.47 bits per heavy atom. The third kappa shape index (κ3) is 4.19. The molecule has 0 fully saturated rings. The summed E-state index contributed by atoms with van der Waals surface area (Å²) in [7, 11) is -0.832. The quantitative estimate of drug-likeness (QED) is 0.739. The molecule has 0 aromatic heterocycles. The first-order valence-corrected chi connectivity index (χ1v) is 8.06. The van der Waals surface area contributed by atoms with Crippen LogP contribution in [-0.2, 0) is 4.52 Å². The molecule has 0 aliphatic heterocycles. The van der Waals surface area contributed by atoms with E-state index in [1.807, 2.05) is 62.4 Å². The van der Waals surface area contributed by atoms with Crippen molar-refractivity contribution in [3.8, 4) is 0 Å². The van der Waals surface area contributed by atoms with Crippen LogP contribution in [0.15, 0.2) is 48.5 Å². The Hall–Kier alpha value is -0.590. The molecule has 0 atom stereocenters. The predicted molar refractivity (Wildman–Crippen MR) is 85.3 cm³/mol. The van der Waals surface area contributed by atoms with E-state index in [1.54, 1.807) is 0 Å². The zero-order chi connectivity index (χ0) is 13.8. The van der Waals surface area contributed by atoms with Crippen LogP contribution in [0.5, 0.6) is 0 Å². The van der Waals surface area contributed by atoms with Gasteiger partial charge >= 0.3 is 0 Å². The van der Waals surface area contributed by atoms with Crippen LogP contribution in [0, 0.1) is 0 Å². The van der Waals surface area contributed by atoms with E-state index >= 15 is 0 Å². The number of halogens is 2. The van der Waals surface area contributed by atoms with Crippen molar-refractivity contribution < 1.29 is 4.52 Å². The summed E-state index contributed by atoms with van der Waals surface area (Å²) < 4.78 is 6.08. The van der Waals surface area contributed by atoms with Gasteiger partial charge in [0.05, 0.1) is 14.3 Å². The molecule has 4 heteroatoms. The van der Waals surface area contributed by atoms with Crippen LogP contribution in [0.1, 0.15) is 13.8 Å². The summed E-state index contributed by atoms with van der Waals surface area (Å²) >= 11 is 11.9. The summed E-state index contributed by atoms with van der Waals surface area (Å²) in [5, 5.41) is 3.77. The normalized spacial score (nSPS) is 11.3. The third-order valence-corrected chi connectivity index (χ3v) is 5.11. The molecule has 0 radical (unpaired) electrons. The zero-order valence-corrected chi connectivity index (χ0v) is 13.2. The van der Waals surface area contributed by atoms with Gasteiger partial charge in [0, 0.05) is 20.7 Å². The van der Waals surface area contributed by atoms with E-state index in [0.717, 1.165) is 20.7 Å². The zero-order valence-electron chi connectivity index (χ0n) is 10.8. The van der Waals surface area contributed by atoms with Crippen LogP contribution in [0.25, 0.3) is 0 Å². The molecule has 100 valence electrons. The van der Waals surface area contributed by atoms with E-state index in [1.165, 1.54) is 0 Å². The molecule has 0 spiro atoms. The summed E-state index contributed by atoms with van der Waals surface area (Å²) in [6.07, 6.45) is 0.164. The molecule has 2 rings (SSSR count).